The first-order valence-electron chi connectivity index (χ1n) is 7.78. The molecule has 114 valence electrons. The van der Waals surface area contributed by atoms with Gasteiger partial charge >= 0.3 is 0 Å². The van der Waals surface area contributed by atoms with Crippen LogP contribution in [0.2, 0.25) is 0 Å². The van der Waals surface area contributed by atoms with Gasteiger partial charge in [0.15, 0.2) is 0 Å². The topological polar surface area (TPSA) is 59.2 Å². The van der Waals surface area contributed by atoms with E-state index in [9.17, 15) is 4.79 Å². The van der Waals surface area contributed by atoms with E-state index in [1.165, 1.54) is 5.56 Å². The zero-order valence-corrected chi connectivity index (χ0v) is 12.6. The molecule has 1 aliphatic rings. The first-order valence-corrected chi connectivity index (χ1v) is 7.78. The summed E-state index contributed by atoms with van der Waals surface area (Å²) in [5, 5.41) is 0. The van der Waals surface area contributed by atoms with Gasteiger partial charge in [-0.2, -0.15) is 0 Å². The summed E-state index contributed by atoms with van der Waals surface area (Å²) >= 11 is 0. The average Bonchev–Trinajstić information content (AvgIpc) is 2.56. The fourth-order valence-corrected chi connectivity index (χ4v) is 3.02. The Morgan fingerprint density at radius 3 is 2.50 bits per heavy atom. The normalized spacial score (nSPS) is 15.7. The van der Waals surface area contributed by atoms with Crippen molar-refractivity contribution in [2.24, 2.45) is 5.92 Å². The van der Waals surface area contributed by atoms with Gasteiger partial charge in [0.2, 0.25) is 0 Å². The van der Waals surface area contributed by atoms with Crippen molar-refractivity contribution in [3.8, 4) is 0 Å². The Bertz CT molecular complexity index is 634. The Hall–Kier alpha value is -2.36. The third-order valence-electron chi connectivity index (χ3n) is 4.26. The monoisotopic (exact) mass is 295 g/mol. The van der Waals surface area contributed by atoms with Crippen LogP contribution in [0.1, 0.15) is 28.9 Å². The van der Waals surface area contributed by atoms with Gasteiger partial charge < -0.3 is 10.6 Å². The summed E-state index contributed by atoms with van der Waals surface area (Å²) in [4.78, 5) is 18.4. The molecular formula is C18H21N3O. The molecule has 2 N–H and O–H groups in total. The Balaban J connectivity index is 1.56. The number of nitrogen functional groups attached to an aromatic ring is 1. The summed E-state index contributed by atoms with van der Waals surface area (Å²) in [6.45, 7) is 1.60. The third-order valence-corrected chi connectivity index (χ3v) is 4.26. The van der Waals surface area contributed by atoms with E-state index in [-0.39, 0.29) is 5.91 Å². The van der Waals surface area contributed by atoms with Crippen LogP contribution >= 0.6 is 0 Å². The number of piperidine rings is 1. The van der Waals surface area contributed by atoms with Gasteiger partial charge in [0, 0.05) is 13.1 Å². The molecule has 3 rings (SSSR count). The summed E-state index contributed by atoms with van der Waals surface area (Å²) in [6.07, 6.45) is 3.19. The molecule has 4 heteroatoms. The fraction of sp³-hybridized carbons (Fsp3) is 0.333. The van der Waals surface area contributed by atoms with Gasteiger partial charge in [-0.25, -0.2) is 4.98 Å². The van der Waals surface area contributed by atoms with E-state index in [1.54, 1.807) is 18.2 Å². The minimum atomic E-state index is -0.00883. The number of rotatable bonds is 3. The molecule has 0 radical (unpaired) electrons. The number of aromatic nitrogens is 1. The molecule has 22 heavy (non-hydrogen) atoms. The molecule has 0 saturated carbocycles. The van der Waals surface area contributed by atoms with Crippen LogP contribution in [-0.2, 0) is 6.42 Å². The van der Waals surface area contributed by atoms with Gasteiger partial charge in [-0.1, -0.05) is 36.4 Å². The zero-order valence-electron chi connectivity index (χ0n) is 12.6. The summed E-state index contributed by atoms with van der Waals surface area (Å²) in [7, 11) is 0. The minimum Gasteiger partial charge on any atom is -0.384 e. The van der Waals surface area contributed by atoms with Crippen LogP contribution in [0.4, 0.5) is 5.82 Å². The smallest absolute Gasteiger partial charge is 0.272 e. The highest BCUT2D eigenvalue weighted by molar-refractivity contribution is 5.92. The van der Waals surface area contributed by atoms with Gasteiger partial charge in [-0.05, 0) is 42.9 Å². The minimum absolute atomic E-state index is 0.00883. The Labute approximate surface area is 131 Å². The number of hydrogen-bond acceptors (Lipinski definition) is 3. The number of benzene rings is 1. The lowest BCUT2D eigenvalue weighted by Gasteiger charge is -2.32. The Morgan fingerprint density at radius 2 is 1.82 bits per heavy atom. The zero-order chi connectivity index (χ0) is 15.4. The van der Waals surface area contributed by atoms with Gasteiger partial charge in [-0.15, -0.1) is 0 Å². The molecule has 1 fully saturated rings. The quantitative estimate of drug-likeness (QED) is 0.947. The molecule has 1 amide bonds. The molecule has 0 spiro atoms. The number of amides is 1. The molecule has 1 aromatic heterocycles. The van der Waals surface area contributed by atoms with Crippen LogP contribution in [0.5, 0.6) is 0 Å². The summed E-state index contributed by atoms with van der Waals surface area (Å²) in [5.41, 5.74) is 7.48. The first kappa shape index (κ1) is 14.6. The van der Waals surface area contributed by atoms with Crippen molar-refractivity contribution < 1.29 is 4.79 Å². The fourth-order valence-electron chi connectivity index (χ4n) is 3.02. The van der Waals surface area contributed by atoms with Gasteiger partial charge in [0.05, 0.1) is 0 Å². The van der Waals surface area contributed by atoms with Crippen molar-refractivity contribution in [1.82, 2.24) is 9.88 Å². The number of carbonyl (C=O) groups is 1. The van der Waals surface area contributed by atoms with E-state index in [0.29, 0.717) is 17.4 Å². The van der Waals surface area contributed by atoms with E-state index in [4.69, 9.17) is 5.73 Å². The number of likely N-dealkylation sites (tertiary alicyclic amines) is 1. The first-order chi connectivity index (χ1) is 10.7. The van der Waals surface area contributed by atoms with Crippen molar-refractivity contribution in [2.45, 2.75) is 19.3 Å². The molecule has 1 aromatic carbocycles. The highest BCUT2D eigenvalue weighted by Gasteiger charge is 2.24. The van der Waals surface area contributed by atoms with Crippen LogP contribution in [0.25, 0.3) is 0 Å². The van der Waals surface area contributed by atoms with Crippen LogP contribution in [0, 0.1) is 5.92 Å². The molecule has 1 saturated heterocycles. The predicted octanol–water partition coefficient (Wildman–Crippen LogP) is 2.76. The van der Waals surface area contributed by atoms with Gasteiger partial charge in [0.1, 0.15) is 11.5 Å². The molecular weight excluding hydrogens is 274 g/mol. The molecule has 1 aliphatic heterocycles. The second-order valence-electron chi connectivity index (χ2n) is 5.87. The summed E-state index contributed by atoms with van der Waals surface area (Å²) in [5.74, 6) is 1.04. The van der Waals surface area contributed by atoms with Crippen molar-refractivity contribution in [3.05, 3.63) is 59.8 Å². The lowest BCUT2D eigenvalue weighted by atomic mass is 9.90. The van der Waals surface area contributed by atoms with Crippen LogP contribution < -0.4 is 5.73 Å². The van der Waals surface area contributed by atoms with Gasteiger partial charge in [0.25, 0.3) is 5.91 Å². The number of pyridine rings is 1. The number of carbonyl (C=O) groups excluding carboxylic acids is 1. The highest BCUT2D eigenvalue weighted by atomic mass is 16.2. The van der Waals surface area contributed by atoms with E-state index < -0.39 is 0 Å². The number of nitrogens with zero attached hydrogens (tertiary/aromatic N) is 2. The molecule has 0 aliphatic carbocycles. The van der Waals surface area contributed by atoms with Crippen molar-refractivity contribution in [1.29, 1.82) is 0 Å². The number of nitrogens with two attached hydrogens (primary N) is 1. The van der Waals surface area contributed by atoms with Crippen molar-refractivity contribution in [3.63, 3.8) is 0 Å². The van der Waals surface area contributed by atoms with Crippen LogP contribution in [-0.4, -0.2) is 28.9 Å². The maximum Gasteiger partial charge on any atom is 0.272 e. The second-order valence-corrected chi connectivity index (χ2v) is 5.87. The largest absolute Gasteiger partial charge is 0.384 e. The van der Waals surface area contributed by atoms with E-state index >= 15 is 0 Å². The maximum absolute atomic E-state index is 12.4. The van der Waals surface area contributed by atoms with Crippen molar-refractivity contribution >= 4 is 11.7 Å². The predicted molar refractivity (Wildman–Crippen MR) is 87.4 cm³/mol. The molecule has 2 heterocycles. The molecule has 0 atom stereocenters. The molecule has 0 unspecified atom stereocenters. The van der Waals surface area contributed by atoms with Crippen molar-refractivity contribution in [2.75, 3.05) is 18.8 Å². The lowest BCUT2D eigenvalue weighted by Crippen LogP contribution is -2.39. The highest BCUT2D eigenvalue weighted by Crippen LogP contribution is 2.22. The molecule has 4 nitrogen and oxygen atoms in total. The standard InChI is InChI=1S/C18H21N3O/c19-17-8-4-7-16(20-17)18(22)21-11-9-15(10-12-21)13-14-5-2-1-3-6-14/h1-8,15H,9-13H2,(H2,19,20). The second kappa shape index (κ2) is 6.60. The third kappa shape index (κ3) is 3.45. The van der Waals surface area contributed by atoms with E-state index in [0.717, 1.165) is 32.4 Å². The number of hydrogen-bond donors (Lipinski definition) is 1. The van der Waals surface area contributed by atoms with E-state index in [1.807, 2.05) is 11.0 Å². The number of anilines is 1. The van der Waals surface area contributed by atoms with Gasteiger partial charge in [-0.3, -0.25) is 4.79 Å². The molecule has 2 aromatic rings. The SMILES string of the molecule is Nc1cccc(C(=O)N2CCC(Cc3ccccc3)CC2)n1. The van der Waals surface area contributed by atoms with Crippen LogP contribution in [0.3, 0.4) is 0 Å². The Kier molecular flexibility index (Phi) is 4.37. The maximum atomic E-state index is 12.4. The van der Waals surface area contributed by atoms with E-state index in [2.05, 4.69) is 29.2 Å². The summed E-state index contributed by atoms with van der Waals surface area (Å²) < 4.78 is 0. The lowest BCUT2D eigenvalue weighted by molar-refractivity contribution is 0.0685. The van der Waals surface area contributed by atoms with Crippen LogP contribution in [0.15, 0.2) is 48.5 Å². The molecule has 0 bridgehead atoms. The Morgan fingerprint density at radius 1 is 1.09 bits per heavy atom. The average molecular weight is 295 g/mol. The summed E-state index contributed by atoms with van der Waals surface area (Å²) in [6, 6.07) is 15.8.